The van der Waals surface area contributed by atoms with Crippen molar-refractivity contribution in [3.8, 4) is 5.75 Å². The lowest BCUT2D eigenvalue weighted by Crippen LogP contribution is -2.22. The van der Waals surface area contributed by atoms with Gasteiger partial charge in [-0.25, -0.2) is 0 Å². The molecule has 0 heterocycles. The Morgan fingerprint density at radius 1 is 1.45 bits per heavy atom. The van der Waals surface area contributed by atoms with E-state index >= 15 is 0 Å². The number of benzene rings is 1. The minimum Gasteiger partial charge on any atom is -0.484 e. The highest BCUT2D eigenvalue weighted by atomic mass is 16.6. The molecule has 1 rings (SSSR count). The summed E-state index contributed by atoms with van der Waals surface area (Å²) < 4.78 is 5.38. The second-order valence-corrected chi connectivity index (χ2v) is 4.97. The number of hydrogen-bond acceptors (Lipinski definition) is 5. The van der Waals surface area contributed by atoms with Gasteiger partial charge in [-0.05, 0) is 18.1 Å². The average Bonchev–Trinajstić information content (AvgIpc) is 2.42. The Morgan fingerprint density at radius 3 is 2.70 bits per heavy atom. The van der Waals surface area contributed by atoms with E-state index < -0.39 is 11.0 Å². The molecular weight excluding hydrogens is 260 g/mol. The monoisotopic (exact) mass is 282 g/mol. The predicted octanol–water partition coefficient (Wildman–Crippen LogP) is 2.24. The SMILES string of the molecule is CCC(O)COc1cc(CNC(C)C)ccc1[N+](=O)[O-]. The van der Waals surface area contributed by atoms with Crippen LogP contribution in [0, 0.1) is 10.1 Å². The normalized spacial score (nSPS) is 12.4. The van der Waals surface area contributed by atoms with Crippen molar-refractivity contribution in [2.45, 2.75) is 45.9 Å². The molecule has 1 aromatic carbocycles. The molecule has 1 unspecified atom stereocenters. The Labute approximate surface area is 118 Å². The molecule has 2 N–H and O–H groups in total. The number of aliphatic hydroxyl groups excluding tert-OH is 1. The van der Waals surface area contributed by atoms with Crippen molar-refractivity contribution in [3.63, 3.8) is 0 Å². The molecule has 0 aliphatic carbocycles. The van der Waals surface area contributed by atoms with E-state index in [1.165, 1.54) is 6.07 Å². The van der Waals surface area contributed by atoms with Crippen molar-refractivity contribution >= 4 is 5.69 Å². The van der Waals surface area contributed by atoms with Crippen molar-refractivity contribution < 1.29 is 14.8 Å². The fourth-order valence-corrected chi connectivity index (χ4v) is 1.56. The molecule has 112 valence electrons. The lowest BCUT2D eigenvalue weighted by atomic mass is 10.1. The smallest absolute Gasteiger partial charge is 0.310 e. The standard InChI is InChI=1S/C14H22N2O4/c1-4-12(17)9-20-14-7-11(8-15-10(2)3)5-6-13(14)16(18)19/h5-7,10,12,15,17H,4,8-9H2,1-3H3. The molecule has 6 nitrogen and oxygen atoms in total. The van der Waals surface area contributed by atoms with Gasteiger partial charge in [0.05, 0.1) is 11.0 Å². The summed E-state index contributed by atoms with van der Waals surface area (Å²) in [4.78, 5) is 10.5. The molecule has 0 saturated heterocycles. The lowest BCUT2D eigenvalue weighted by molar-refractivity contribution is -0.385. The summed E-state index contributed by atoms with van der Waals surface area (Å²) in [6, 6.07) is 5.12. The minimum absolute atomic E-state index is 0.0540. The topological polar surface area (TPSA) is 84.6 Å². The number of nitro groups is 1. The molecule has 0 saturated carbocycles. The zero-order chi connectivity index (χ0) is 15.1. The van der Waals surface area contributed by atoms with Crippen LogP contribution in [0.2, 0.25) is 0 Å². The van der Waals surface area contributed by atoms with Gasteiger partial charge in [0, 0.05) is 18.7 Å². The molecule has 20 heavy (non-hydrogen) atoms. The maximum atomic E-state index is 11.0. The Kier molecular flexibility index (Phi) is 6.41. The van der Waals surface area contributed by atoms with Crippen LogP contribution in [-0.2, 0) is 6.54 Å². The molecule has 6 heteroatoms. The first kappa shape index (κ1) is 16.4. The fourth-order valence-electron chi connectivity index (χ4n) is 1.56. The molecule has 0 aromatic heterocycles. The molecule has 1 aromatic rings. The minimum atomic E-state index is -0.618. The summed E-state index contributed by atoms with van der Waals surface area (Å²) in [7, 11) is 0. The molecule has 1 atom stereocenters. The van der Waals surface area contributed by atoms with Crippen LogP contribution in [0.25, 0.3) is 0 Å². The third-order valence-electron chi connectivity index (χ3n) is 2.84. The van der Waals surface area contributed by atoms with Gasteiger partial charge in [-0.3, -0.25) is 10.1 Å². The van der Waals surface area contributed by atoms with Crippen molar-refractivity contribution in [2.24, 2.45) is 0 Å². The Hall–Kier alpha value is -1.66. The van der Waals surface area contributed by atoms with E-state index in [0.29, 0.717) is 19.0 Å². The van der Waals surface area contributed by atoms with Crippen LogP contribution in [0.5, 0.6) is 5.75 Å². The van der Waals surface area contributed by atoms with Gasteiger partial charge in [-0.1, -0.05) is 26.8 Å². The Balaban J connectivity index is 2.85. The number of nitro benzene ring substituents is 1. The highest BCUT2D eigenvalue weighted by molar-refractivity contribution is 5.48. The summed E-state index contributed by atoms with van der Waals surface area (Å²) in [5.41, 5.74) is 0.826. The van der Waals surface area contributed by atoms with E-state index in [-0.39, 0.29) is 18.0 Å². The number of hydrogen-bond donors (Lipinski definition) is 2. The second-order valence-electron chi connectivity index (χ2n) is 4.97. The van der Waals surface area contributed by atoms with Gasteiger partial charge in [-0.15, -0.1) is 0 Å². The van der Waals surface area contributed by atoms with Crippen LogP contribution in [0.4, 0.5) is 5.69 Å². The number of nitrogens with zero attached hydrogens (tertiary/aromatic N) is 1. The first-order valence-electron chi connectivity index (χ1n) is 6.75. The lowest BCUT2D eigenvalue weighted by Gasteiger charge is -2.12. The van der Waals surface area contributed by atoms with Gasteiger partial charge in [-0.2, -0.15) is 0 Å². The predicted molar refractivity (Wildman–Crippen MR) is 76.9 cm³/mol. The maximum Gasteiger partial charge on any atom is 0.310 e. The highest BCUT2D eigenvalue weighted by Gasteiger charge is 2.16. The molecule has 0 bridgehead atoms. The molecule has 0 amide bonds. The van der Waals surface area contributed by atoms with Crippen LogP contribution in [0.1, 0.15) is 32.8 Å². The largest absolute Gasteiger partial charge is 0.484 e. The van der Waals surface area contributed by atoms with Gasteiger partial charge in [0.1, 0.15) is 6.61 Å². The summed E-state index contributed by atoms with van der Waals surface area (Å²) in [6.45, 7) is 6.55. The Morgan fingerprint density at radius 2 is 2.15 bits per heavy atom. The van der Waals surface area contributed by atoms with Crippen molar-refractivity contribution in [3.05, 3.63) is 33.9 Å². The number of nitrogens with one attached hydrogen (secondary N) is 1. The van der Waals surface area contributed by atoms with E-state index in [1.807, 2.05) is 20.8 Å². The van der Waals surface area contributed by atoms with Crippen LogP contribution < -0.4 is 10.1 Å². The van der Waals surface area contributed by atoms with Crippen molar-refractivity contribution in [1.29, 1.82) is 0 Å². The van der Waals surface area contributed by atoms with E-state index in [0.717, 1.165) is 5.56 Å². The molecule has 0 fully saturated rings. The zero-order valence-electron chi connectivity index (χ0n) is 12.1. The van der Waals surface area contributed by atoms with E-state index in [1.54, 1.807) is 12.1 Å². The Bertz CT molecular complexity index is 449. The number of aliphatic hydroxyl groups is 1. The van der Waals surface area contributed by atoms with E-state index in [2.05, 4.69) is 5.32 Å². The van der Waals surface area contributed by atoms with Gasteiger partial charge < -0.3 is 15.2 Å². The van der Waals surface area contributed by atoms with E-state index in [4.69, 9.17) is 4.74 Å². The quantitative estimate of drug-likeness (QED) is 0.564. The van der Waals surface area contributed by atoms with E-state index in [9.17, 15) is 15.2 Å². The second kappa shape index (κ2) is 7.81. The first-order valence-corrected chi connectivity index (χ1v) is 6.75. The molecule has 0 aliphatic rings. The highest BCUT2D eigenvalue weighted by Crippen LogP contribution is 2.28. The average molecular weight is 282 g/mol. The van der Waals surface area contributed by atoms with Gasteiger partial charge in [0.25, 0.3) is 0 Å². The first-order chi connectivity index (χ1) is 9.43. The third-order valence-corrected chi connectivity index (χ3v) is 2.84. The van der Waals surface area contributed by atoms with Crippen LogP contribution in [-0.4, -0.2) is 28.8 Å². The number of ether oxygens (including phenoxy) is 1. The summed E-state index contributed by atoms with van der Waals surface area (Å²) in [5.74, 6) is 0.200. The van der Waals surface area contributed by atoms with Crippen molar-refractivity contribution in [2.75, 3.05) is 6.61 Å². The summed E-state index contributed by atoms with van der Waals surface area (Å²) in [5, 5.41) is 23.7. The van der Waals surface area contributed by atoms with Crippen LogP contribution >= 0.6 is 0 Å². The van der Waals surface area contributed by atoms with Crippen molar-refractivity contribution in [1.82, 2.24) is 5.32 Å². The maximum absolute atomic E-state index is 11.0. The fraction of sp³-hybridized carbons (Fsp3) is 0.571. The zero-order valence-corrected chi connectivity index (χ0v) is 12.1. The van der Waals surface area contributed by atoms with Gasteiger partial charge >= 0.3 is 5.69 Å². The molecular formula is C14H22N2O4. The summed E-state index contributed by atoms with van der Waals surface area (Å²) >= 11 is 0. The molecule has 0 radical (unpaired) electrons. The molecule has 0 aliphatic heterocycles. The third kappa shape index (κ3) is 5.14. The van der Waals surface area contributed by atoms with Crippen LogP contribution in [0.15, 0.2) is 18.2 Å². The van der Waals surface area contributed by atoms with Crippen LogP contribution in [0.3, 0.4) is 0 Å². The van der Waals surface area contributed by atoms with Gasteiger partial charge in [0.15, 0.2) is 5.75 Å². The number of rotatable bonds is 8. The summed E-state index contributed by atoms with van der Waals surface area (Å²) in [6.07, 6.45) is -0.0744. The molecule has 0 spiro atoms. The van der Waals surface area contributed by atoms with Gasteiger partial charge in [0.2, 0.25) is 0 Å².